The molecular formula is C19H9N5. The topological polar surface area (TPSA) is 85.7 Å². The maximum Gasteiger partial charge on any atom is 0.177 e. The zero-order valence-corrected chi connectivity index (χ0v) is 12.4. The third-order valence-electron chi connectivity index (χ3n) is 3.77. The smallest absolute Gasteiger partial charge is 0.177 e. The van der Waals surface area contributed by atoms with Crippen molar-refractivity contribution in [1.82, 2.24) is 9.97 Å². The zero-order valence-electron chi connectivity index (χ0n) is 12.4. The molecule has 0 saturated carbocycles. The second-order valence-electron chi connectivity index (χ2n) is 5.18. The highest BCUT2D eigenvalue weighted by molar-refractivity contribution is 6.23. The van der Waals surface area contributed by atoms with E-state index in [0.717, 1.165) is 16.8 Å². The lowest BCUT2D eigenvalue weighted by Gasteiger charge is -2.02. The van der Waals surface area contributed by atoms with Gasteiger partial charge in [0.1, 0.15) is 23.5 Å². The molecule has 5 nitrogen and oxygen atoms in total. The lowest BCUT2D eigenvalue weighted by Crippen LogP contribution is -2.05. The lowest BCUT2D eigenvalue weighted by atomic mass is 10.1. The van der Waals surface area contributed by atoms with Crippen molar-refractivity contribution in [2.45, 2.75) is 0 Å². The van der Waals surface area contributed by atoms with Crippen molar-refractivity contribution in [3.05, 3.63) is 77.2 Å². The van der Waals surface area contributed by atoms with Gasteiger partial charge in [0.05, 0.1) is 11.4 Å². The Kier molecular flexibility index (Phi) is 3.12. The van der Waals surface area contributed by atoms with Crippen LogP contribution in [0.2, 0.25) is 0 Å². The van der Waals surface area contributed by atoms with Gasteiger partial charge in [-0.05, 0) is 12.1 Å². The molecule has 0 spiro atoms. The number of rotatable bonds is 1. The summed E-state index contributed by atoms with van der Waals surface area (Å²) in [6.45, 7) is 0. The van der Waals surface area contributed by atoms with E-state index in [1.165, 1.54) is 0 Å². The van der Waals surface area contributed by atoms with Crippen LogP contribution in [0.5, 0.6) is 0 Å². The van der Waals surface area contributed by atoms with Gasteiger partial charge in [0.15, 0.2) is 11.4 Å². The first-order valence-corrected chi connectivity index (χ1v) is 7.28. The van der Waals surface area contributed by atoms with Crippen LogP contribution in [0.3, 0.4) is 0 Å². The van der Waals surface area contributed by atoms with Crippen LogP contribution in [-0.2, 0) is 0 Å². The summed E-state index contributed by atoms with van der Waals surface area (Å²) in [6, 6.07) is 21.1. The van der Waals surface area contributed by atoms with Gasteiger partial charge >= 0.3 is 0 Å². The monoisotopic (exact) mass is 307 g/mol. The summed E-state index contributed by atoms with van der Waals surface area (Å²) in [5, 5.41) is 18.4. The van der Waals surface area contributed by atoms with E-state index in [9.17, 15) is 10.5 Å². The van der Waals surface area contributed by atoms with Crippen LogP contribution in [0.1, 0.15) is 22.6 Å². The third kappa shape index (κ3) is 2.05. The Bertz CT molecular complexity index is 1070. The van der Waals surface area contributed by atoms with Gasteiger partial charge in [-0.2, -0.15) is 10.5 Å². The molecule has 3 aromatic rings. The summed E-state index contributed by atoms with van der Waals surface area (Å²) in [7, 11) is 0. The lowest BCUT2D eigenvalue weighted by molar-refractivity contribution is 1.13. The average molecular weight is 307 g/mol. The maximum atomic E-state index is 9.23. The number of nitriles is 2. The van der Waals surface area contributed by atoms with Gasteiger partial charge in [-0.25, -0.2) is 15.0 Å². The molecule has 1 heterocycles. The largest absolute Gasteiger partial charge is 0.246 e. The number of benzene rings is 2. The van der Waals surface area contributed by atoms with Crippen LogP contribution in [0.15, 0.2) is 59.6 Å². The predicted molar refractivity (Wildman–Crippen MR) is 88.6 cm³/mol. The van der Waals surface area contributed by atoms with E-state index in [-0.39, 0.29) is 11.4 Å². The highest BCUT2D eigenvalue weighted by atomic mass is 14.9. The Hall–Kier alpha value is -3.83. The Balaban J connectivity index is 2.03. The molecule has 0 atom stereocenters. The van der Waals surface area contributed by atoms with Crippen molar-refractivity contribution in [1.29, 1.82) is 10.5 Å². The Labute approximate surface area is 138 Å². The molecule has 0 fully saturated rings. The highest BCUT2D eigenvalue weighted by Crippen LogP contribution is 2.36. The number of hydrogen-bond donors (Lipinski definition) is 0. The summed E-state index contributed by atoms with van der Waals surface area (Å²) in [4.78, 5) is 13.4. The molecule has 4 rings (SSSR count). The van der Waals surface area contributed by atoms with Crippen LogP contribution < -0.4 is 0 Å². The van der Waals surface area contributed by atoms with E-state index < -0.39 is 0 Å². The van der Waals surface area contributed by atoms with E-state index in [4.69, 9.17) is 4.99 Å². The molecule has 0 saturated heterocycles. The fourth-order valence-corrected chi connectivity index (χ4v) is 2.71. The highest BCUT2D eigenvalue weighted by Gasteiger charge is 2.29. The molecule has 0 unspecified atom stereocenters. The molecule has 1 aliphatic carbocycles. The number of aliphatic imine (C=N–C) groups is 1. The van der Waals surface area contributed by atoms with Crippen LogP contribution in [0.25, 0.3) is 11.3 Å². The normalized spacial score (nSPS) is 13.0. The minimum absolute atomic E-state index is 0.0183. The van der Waals surface area contributed by atoms with Gasteiger partial charge in [-0.3, -0.25) is 0 Å². The second kappa shape index (κ2) is 5.42. The van der Waals surface area contributed by atoms with Crippen LogP contribution in [0, 0.1) is 22.7 Å². The molecule has 0 amide bonds. The zero-order chi connectivity index (χ0) is 16.5. The molecule has 0 radical (unpaired) electrons. The van der Waals surface area contributed by atoms with E-state index >= 15 is 0 Å². The molecule has 0 bridgehead atoms. The number of hydrogen-bond acceptors (Lipinski definition) is 5. The van der Waals surface area contributed by atoms with E-state index in [1.54, 1.807) is 0 Å². The van der Waals surface area contributed by atoms with Crippen molar-refractivity contribution in [3.8, 4) is 23.4 Å². The molecule has 1 aromatic heterocycles. The minimum Gasteiger partial charge on any atom is -0.246 e. The summed E-state index contributed by atoms with van der Waals surface area (Å²) >= 11 is 0. The molecule has 5 heteroatoms. The fraction of sp³-hybridized carbons (Fsp3) is 0. The van der Waals surface area contributed by atoms with Crippen molar-refractivity contribution in [3.63, 3.8) is 0 Å². The summed E-state index contributed by atoms with van der Waals surface area (Å²) in [5.41, 5.74) is 4.41. The predicted octanol–water partition coefficient (Wildman–Crippen LogP) is 3.37. The van der Waals surface area contributed by atoms with Gasteiger partial charge in [0, 0.05) is 11.1 Å². The standard InChI is InChI=1S/C19H9N5/c20-10-15-16(11-21)24-19-17(22-12-6-2-1-3-7-12)13-8-4-5-9-14(13)18(19)23-15/h1-9H. The molecular weight excluding hydrogens is 298 g/mol. The van der Waals surface area contributed by atoms with Crippen molar-refractivity contribution >= 4 is 11.4 Å². The van der Waals surface area contributed by atoms with Gasteiger partial charge < -0.3 is 0 Å². The molecule has 110 valence electrons. The second-order valence-corrected chi connectivity index (χ2v) is 5.18. The first-order valence-electron chi connectivity index (χ1n) is 7.28. The van der Waals surface area contributed by atoms with Gasteiger partial charge in [0.2, 0.25) is 0 Å². The van der Waals surface area contributed by atoms with Gasteiger partial charge in [-0.1, -0.05) is 42.5 Å². The Morgan fingerprint density at radius 3 is 1.96 bits per heavy atom. The SMILES string of the molecule is N#Cc1nc2c(nc1C#N)-c1ccccc1C2=Nc1ccccc1. The quantitative estimate of drug-likeness (QED) is 0.539. The fourth-order valence-electron chi connectivity index (χ4n) is 2.71. The molecule has 2 aromatic carbocycles. The Morgan fingerprint density at radius 2 is 1.29 bits per heavy atom. The number of fused-ring (bicyclic) bond motifs is 3. The third-order valence-corrected chi connectivity index (χ3v) is 3.77. The first-order chi connectivity index (χ1) is 11.8. The molecule has 24 heavy (non-hydrogen) atoms. The van der Waals surface area contributed by atoms with Gasteiger partial charge in [0.25, 0.3) is 0 Å². The maximum absolute atomic E-state index is 9.23. The van der Waals surface area contributed by atoms with Crippen LogP contribution >= 0.6 is 0 Å². The van der Waals surface area contributed by atoms with Gasteiger partial charge in [-0.15, -0.1) is 0 Å². The summed E-state index contributed by atoms with van der Waals surface area (Å²) in [6.07, 6.45) is 0. The van der Waals surface area contributed by atoms with E-state index in [0.29, 0.717) is 17.1 Å². The Morgan fingerprint density at radius 1 is 0.708 bits per heavy atom. The molecule has 0 N–H and O–H groups in total. The number of aromatic nitrogens is 2. The van der Waals surface area contributed by atoms with E-state index in [2.05, 4.69) is 9.97 Å². The van der Waals surface area contributed by atoms with Crippen molar-refractivity contribution < 1.29 is 0 Å². The van der Waals surface area contributed by atoms with Crippen molar-refractivity contribution in [2.75, 3.05) is 0 Å². The van der Waals surface area contributed by atoms with Crippen LogP contribution in [0.4, 0.5) is 5.69 Å². The van der Waals surface area contributed by atoms with Crippen molar-refractivity contribution in [2.24, 2.45) is 4.99 Å². The molecule has 1 aliphatic rings. The summed E-state index contributed by atoms with van der Waals surface area (Å²) in [5.74, 6) is 0. The van der Waals surface area contributed by atoms with Crippen LogP contribution in [-0.4, -0.2) is 15.7 Å². The average Bonchev–Trinajstić information content (AvgIpc) is 2.94. The number of nitrogens with zero attached hydrogens (tertiary/aromatic N) is 5. The number of para-hydroxylation sites is 1. The minimum atomic E-state index is 0.0183. The molecule has 0 aliphatic heterocycles. The summed E-state index contributed by atoms with van der Waals surface area (Å²) < 4.78 is 0. The van der Waals surface area contributed by atoms with E-state index in [1.807, 2.05) is 66.7 Å². The first kappa shape index (κ1) is 13.8.